The van der Waals surface area contributed by atoms with Crippen LogP contribution in [0.4, 0.5) is 0 Å². The topological polar surface area (TPSA) is 99.0 Å². The quantitative estimate of drug-likeness (QED) is 0.571. The summed E-state index contributed by atoms with van der Waals surface area (Å²) in [4.78, 5) is 23.6. The molecular formula is C18H25N5O3S. The van der Waals surface area contributed by atoms with Crippen LogP contribution in [0.5, 0.6) is 0 Å². The average molecular weight is 391 g/mol. The summed E-state index contributed by atoms with van der Waals surface area (Å²) in [6.07, 6.45) is 0. The zero-order chi connectivity index (χ0) is 20.0. The molecule has 0 atom stereocenters. The molecule has 146 valence electrons. The number of hydrogen-bond donors (Lipinski definition) is 1. The molecule has 0 aliphatic carbocycles. The minimum atomic E-state index is -0.580. The number of thioether (sulfide) groups is 1. The van der Waals surface area contributed by atoms with Crippen molar-refractivity contribution in [1.29, 1.82) is 0 Å². The van der Waals surface area contributed by atoms with Gasteiger partial charge in [0.25, 0.3) is 0 Å². The van der Waals surface area contributed by atoms with Gasteiger partial charge >= 0.3 is 5.97 Å². The van der Waals surface area contributed by atoms with E-state index in [4.69, 9.17) is 4.74 Å². The number of rotatable bonds is 7. The molecule has 0 bridgehead atoms. The number of tetrazole rings is 1. The molecule has 0 aliphatic rings. The molecule has 8 nitrogen and oxygen atoms in total. The van der Waals surface area contributed by atoms with Gasteiger partial charge in [0.2, 0.25) is 11.1 Å². The maximum atomic E-state index is 12.0. The summed E-state index contributed by atoms with van der Waals surface area (Å²) in [5, 5.41) is 14.7. The number of carbonyl (C=O) groups excluding carboxylic acids is 2. The standard InChI is InChI=1S/C18H25N5O3S/c1-12(2)13-6-8-14(9-7-13)23-17(20-21-22-23)27-11-15(24)19-10-16(25)26-18(3,4)5/h6-9,12H,10-11H2,1-5H3,(H,19,24). The number of benzene rings is 1. The summed E-state index contributed by atoms with van der Waals surface area (Å²) in [6, 6.07) is 7.95. The minimum absolute atomic E-state index is 0.0905. The van der Waals surface area contributed by atoms with Gasteiger partial charge in [-0.2, -0.15) is 4.68 Å². The molecule has 1 aromatic carbocycles. The van der Waals surface area contributed by atoms with Crippen molar-refractivity contribution in [3.8, 4) is 5.69 Å². The molecule has 0 radical (unpaired) electrons. The van der Waals surface area contributed by atoms with Crippen LogP contribution in [0.15, 0.2) is 29.4 Å². The lowest BCUT2D eigenvalue weighted by atomic mass is 10.0. The molecule has 27 heavy (non-hydrogen) atoms. The first-order chi connectivity index (χ1) is 12.7. The van der Waals surface area contributed by atoms with Crippen molar-refractivity contribution < 1.29 is 14.3 Å². The van der Waals surface area contributed by atoms with Crippen LogP contribution in [0, 0.1) is 0 Å². The van der Waals surface area contributed by atoms with E-state index in [0.29, 0.717) is 11.1 Å². The van der Waals surface area contributed by atoms with E-state index in [9.17, 15) is 9.59 Å². The van der Waals surface area contributed by atoms with E-state index in [0.717, 1.165) is 5.69 Å². The van der Waals surface area contributed by atoms with Crippen molar-refractivity contribution in [3.05, 3.63) is 29.8 Å². The SMILES string of the molecule is CC(C)c1ccc(-n2nnnc2SCC(=O)NCC(=O)OC(C)(C)C)cc1. The highest BCUT2D eigenvalue weighted by atomic mass is 32.2. The number of nitrogens with one attached hydrogen (secondary N) is 1. The molecule has 9 heteroatoms. The monoisotopic (exact) mass is 391 g/mol. The van der Waals surface area contributed by atoms with Gasteiger partial charge in [0, 0.05) is 0 Å². The van der Waals surface area contributed by atoms with Gasteiger partial charge in [0.15, 0.2) is 0 Å². The summed E-state index contributed by atoms with van der Waals surface area (Å²) in [5.74, 6) is -0.241. The molecule has 0 saturated carbocycles. The number of ether oxygens (including phenoxy) is 1. The molecule has 1 aromatic heterocycles. The predicted molar refractivity (Wildman–Crippen MR) is 103 cm³/mol. The molecular weight excluding hydrogens is 366 g/mol. The smallest absolute Gasteiger partial charge is 0.325 e. The van der Waals surface area contributed by atoms with Crippen LogP contribution in [-0.4, -0.2) is 50.0 Å². The lowest BCUT2D eigenvalue weighted by Crippen LogP contribution is -2.35. The van der Waals surface area contributed by atoms with Gasteiger partial charge in [-0.25, -0.2) is 0 Å². The third kappa shape index (κ3) is 6.67. The Kier molecular flexibility index (Phi) is 6.95. The number of aromatic nitrogens is 4. The Morgan fingerprint density at radius 1 is 1.22 bits per heavy atom. The van der Waals surface area contributed by atoms with Crippen LogP contribution < -0.4 is 5.32 Å². The van der Waals surface area contributed by atoms with Gasteiger partial charge < -0.3 is 10.1 Å². The molecule has 0 saturated heterocycles. The van der Waals surface area contributed by atoms with Crippen molar-refractivity contribution in [2.75, 3.05) is 12.3 Å². The van der Waals surface area contributed by atoms with Gasteiger partial charge in [-0.15, -0.1) is 5.10 Å². The fourth-order valence-electron chi connectivity index (χ4n) is 2.16. The normalized spacial score (nSPS) is 11.5. The third-order valence-electron chi connectivity index (χ3n) is 3.43. The van der Waals surface area contributed by atoms with Gasteiger partial charge in [-0.1, -0.05) is 37.7 Å². The lowest BCUT2D eigenvalue weighted by molar-refractivity contribution is -0.154. The average Bonchev–Trinajstić information content (AvgIpc) is 3.05. The van der Waals surface area contributed by atoms with Crippen molar-refractivity contribution >= 4 is 23.6 Å². The van der Waals surface area contributed by atoms with Crippen LogP contribution >= 0.6 is 11.8 Å². The molecule has 1 N–H and O–H groups in total. The molecule has 1 amide bonds. The molecule has 2 rings (SSSR count). The number of nitrogens with zero attached hydrogens (tertiary/aromatic N) is 4. The van der Waals surface area contributed by atoms with Crippen LogP contribution in [0.3, 0.4) is 0 Å². The second kappa shape index (κ2) is 8.98. The van der Waals surface area contributed by atoms with Crippen LogP contribution in [0.1, 0.15) is 46.1 Å². The number of carbonyl (C=O) groups is 2. The summed E-state index contributed by atoms with van der Waals surface area (Å²) in [6.45, 7) is 9.41. The van der Waals surface area contributed by atoms with Gasteiger partial charge in [0.05, 0.1) is 11.4 Å². The Morgan fingerprint density at radius 2 is 1.89 bits per heavy atom. The van der Waals surface area contributed by atoms with Crippen molar-refractivity contribution in [2.45, 2.75) is 51.3 Å². The highest BCUT2D eigenvalue weighted by molar-refractivity contribution is 7.99. The molecule has 0 fully saturated rings. The first-order valence-electron chi connectivity index (χ1n) is 8.66. The van der Waals surface area contributed by atoms with Crippen molar-refractivity contribution in [3.63, 3.8) is 0 Å². The Hall–Kier alpha value is -2.42. The van der Waals surface area contributed by atoms with Crippen molar-refractivity contribution in [1.82, 2.24) is 25.5 Å². The maximum Gasteiger partial charge on any atom is 0.325 e. The molecule has 2 aromatic rings. The first-order valence-corrected chi connectivity index (χ1v) is 9.64. The van der Waals surface area contributed by atoms with Crippen LogP contribution in [0.2, 0.25) is 0 Å². The number of hydrogen-bond acceptors (Lipinski definition) is 7. The van der Waals surface area contributed by atoms with Gasteiger partial charge in [-0.05, 0) is 54.8 Å². The lowest BCUT2D eigenvalue weighted by Gasteiger charge is -2.19. The van der Waals surface area contributed by atoms with Gasteiger partial charge in [-0.3, -0.25) is 9.59 Å². The Balaban J connectivity index is 1.89. The zero-order valence-electron chi connectivity index (χ0n) is 16.2. The Labute approximate surface area is 163 Å². The third-order valence-corrected chi connectivity index (χ3v) is 4.35. The summed E-state index contributed by atoms with van der Waals surface area (Å²) in [5.41, 5.74) is 1.47. The minimum Gasteiger partial charge on any atom is -0.459 e. The van der Waals surface area contributed by atoms with Crippen LogP contribution in [-0.2, 0) is 14.3 Å². The van der Waals surface area contributed by atoms with E-state index in [1.807, 2.05) is 24.3 Å². The van der Waals surface area contributed by atoms with E-state index in [-0.39, 0.29) is 18.2 Å². The Bertz CT molecular complexity index is 781. The van der Waals surface area contributed by atoms with E-state index < -0.39 is 11.6 Å². The molecule has 0 spiro atoms. The highest BCUT2D eigenvalue weighted by Gasteiger charge is 2.17. The molecule has 0 unspecified atom stereocenters. The fraction of sp³-hybridized carbons (Fsp3) is 0.500. The first kappa shape index (κ1) is 20.9. The second-order valence-electron chi connectivity index (χ2n) is 7.27. The van der Waals surface area contributed by atoms with Gasteiger partial charge in [0.1, 0.15) is 12.1 Å². The predicted octanol–water partition coefficient (Wildman–Crippen LogP) is 2.34. The Morgan fingerprint density at radius 3 is 2.48 bits per heavy atom. The van der Waals surface area contributed by atoms with E-state index >= 15 is 0 Å². The molecule has 0 aliphatic heterocycles. The summed E-state index contributed by atoms with van der Waals surface area (Å²) < 4.78 is 6.72. The van der Waals surface area contributed by atoms with Crippen molar-refractivity contribution in [2.24, 2.45) is 0 Å². The summed E-state index contributed by atoms with van der Waals surface area (Å²) in [7, 11) is 0. The maximum absolute atomic E-state index is 12.0. The highest BCUT2D eigenvalue weighted by Crippen LogP contribution is 2.20. The number of amides is 1. The fourth-order valence-corrected chi connectivity index (χ4v) is 2.88. The largest absolute Gasteiger partial charge is 0.459 e. The number of esters is 1. The van der Waals surface area contributed by atoms with E-state index in [2.05, 4.69) is 34.7 Å². The van der Waals surface area contributed by atoms with Crippen LogP contribution in [0.25, 0.3) is 5.69 Å². The van der Waals surface area contributed by atoms with E-state index in [1.165, 1.54) is 17.3 Å². The molecule has 1 heterocycles. The second-order valence-corrected chi connectivity index (χ2v) is 8.21. The zero-order valence-corrected chi connectivity index (χ0v) is 17.0. The summed E-state index contributed by atoms with van der Waals surface area (Å²) >= 11 is 1.19. The van der Waals surface area contributed by atoms with E-state index in [1.54, 1.807) is 25.5 Å².